The molecule has 2 aromatic rings. The van der Waals surface area contributed by atoms with E-state index >= 15 is 0 Å². The lowest BCUT2D eigenvalue weighted by molar-refractivity contribution is -0.145. The lowest BCUT2D eigenvalue weighted by Gasteiger charge is -2.08. The Bertz CT molecular complexity index is 634. The molecule has 0 aliphatic carbocycles. The lowest BCUT2D eigenvalue weighted by Crippen LogP contribution is -2.19. The van der Waals surface area contributed by atoms with E-state index in [1.807, 2.05) is 0 Å². The smallest absolute Gasteiger partial charge is 0.303 e. The van der Waals surface area contributed by atoms with Gasteiger partial charge in [0, 0.05) is 24.0 Å². The molecule has 0 atom stereocenters. The largest absolute Gasteiger partial charge is 0.449 e. The highest BCUT2D eigenvalue weighted by atomic mass is 19.4. The second-order valence-corrected chi connectivity index (χ2v) is 3.67. The summed E-state index contributed by atoms with van der Waals surface area (Å²) in [4.78, 5) is 20.1. The molecule has 0 unspecified atom stereocenters. The zero-order valence-electron chi connectivity index (χ0n) is 9.25. The Labute approximate surface area is 99.5 Å². The van der Waals surface area contributed by atoms with Crippen molar-refractivity contribution in [2.24, 2.45) is 0 Å². The van der Waals surface area contributed by atoms with Crippen LogP contribution in [0.5, 0.6) is 0 Å². The molecular weight excluding hydrogens is 247 g/mol. The molecule has 2 heterocycles. The third-order valence-corrected chi connectivity index (χ3v) is 2.33. The Balaban J connectivity index is 2.63. The first-order valence-electron chi connectivity index (χ1n) is 4.97. The van der Waals surface area contributed by atoms with Crippen molar-refractivity contribution in [1.29, 1.82) is 0 Å². The summed E-state index contributed by atoms with van der Waals surface area (Å²) in [7, 11) is 0. The number of pyridine rings is 1. The molecule has 1 N–H and O–H groups in total. The highest BCUT2D eigenvalue weighted by Gasteiger charge is 2.34. The van der Waals surface area contributed by atoms with Crippen molar-refractivity contribution >= 4 is 0 Å². The van der Waals surface area contributed by atoms with Crippen molar-refractivity contribution in [3.63, 3.8) is 0 Å². The van der Waals surface area contributed by atoms with Crippen molar-refractivity contribution in [3.05, 3.63) is 46.3 Å². The van der Waals surface area contributed by atoms with Gasteiger partial charge in [0.15, 0.2) is 0 Å². The van der Waals surface area contributed by atoms with Crippen LogP contribution in [0, 0.1) is 6.92 Å². The third kappa shape index (κ3) is 2.39. The van der Waals surface area contributed by atoms with Crippen LogP contribution in [-0.2, 0) is 6.18 Å². The molecule has 0 bridgehead atoms. The fraction of sp³-hybridized carbons (Fsp3) is 0.182. The Kier molecular flexibility index (Phi) is 2.90. The molecule has 0 saturated heterocycles. The molecule has 0 aromatic carbocycles. The van der Waals surface area contributed by atoms with E-state index in [0.717, 1.165) is 6.07 Å². The van der Waals surface area contributed by atoms with E-state index in [2.05, 4.69) is 9.97 Å². The first-order chi connectivity index (χ1) is 8.38. The maximum absolute atomic E-state index is 12.5. The molecule has 4 nitrogen and oxygen atoms in total. The Hall–Kier alpha value is -2.18. The Morgan fingerprint density at radius 3 is 2.67 bits per heavy atom. The van der Waals surface area contributed by atoms with Gasteiger partial charge < -0.3 is 4.98 Å². The van der Waals surface area contributed by atoms with E-state index in [1.165, 1.54) is 12.4 Å². The minimum absolute atomic E-state index is 0.0447. The average molecular weight is 255 g/mol. The first-order valence-corrected chi connectivity index (χ1v) is 4.97. The van der Waals surface area contributed by atoms with E-state index < -0.39 is 17.6 Å². The molecule has 94 valence electrons. The number of H-pyrrole nitrogens is 1. The molecule has 0 amide bonds. The van der Waals surface area contributed by atoms with Crippen LogP contribution in [0.25, 0.3) is 11.3 Å². The second-order valence-electron chi connectivity index (χ2n) is 3.67. The van der Waals surface area contributed by atoms with Crippen LogP contribution in [-0.4, -0.2) is 15.0 Å². The highest BCUT2D eigenvalue weighted by Crippen LogP contribution is 2.27. The molecule has 18 heavy (non-hydrogen) atoms. The number of hydrogen-bond donors (Lipinski definition) is 1. The Morgan fingerprint density at radius 1 is 1.33 bits per heavy atom. The van der Waals surface area contributed by atoms with E-state index in [9.17, 15) is 18.0 Å². The summed E-state index contributed by atoms with van der Waals surface area (Å²) < 4.78 is 37.5. The van der Waals surface area contributed by atoms with Crippen molar-refractivity contribution in [2.75, 3.05) is 0 Å². The maximum atomic E-state index is 12.5. The molecule has 0 aliphatic heterocycles. The van der Waals surface area contributed by atoms with Gasteiger partial charge in [0.2, 0.25) is 5.82 Å². The van der Waals surface area contributed by atoms with Gasteiger partial charge in [-0.3, -0.25) is 9.78 Å². The first kappa shape index (κ1) is 12.3. The molecule has 2 rings (SSSR count). The van der Waals surface area contributed by atoms with Gasteiger partial charge in [-0.05, 0) is 18.6 Å². The van der Waals surface area contributed by atoms with Gasteiger partial charge in [-0.25, -0.2) is 4.98 Å². The summed E-state index contributed by atoms with van der Waals surface area (Å²) in [6.07, 6.45) is -1.81. The van der Waals surface area contributed by atoms with E-state index in [0.29, 0.717) is 11.1 Å². The molecule has 0 radical (unpaired) electrons. The maximum Gasteiger partial charge on any atom is 0.449 e. The SMILES string of the molecule is Cc1ccncc1-c1cc(=O)[nH]c(C(F)(F)F)n1. The van der Waals surface area contributed by atoms with Crippen molar-refractivity contribution < 1.29 is 13.2 Å². The summed E-state index contributed by atoms with van der Waals surface area (Å²) in [6, 6.07) is 2.64. The molecule has 0 fully saturated rings. The summed E-state index contributed by atoms with van der Waals surface area (Å²) in [6.45, 7) is 1.70. The van der Waals surface area contributed by atoms with Crippen LogP contribution in [0.15, 0.2) is 29.3 Å². The number of rotatable bonds is 1. The molecule has 0 aliphatic rings. The summed E-state index contributed by atoms with van der Waals surface area (Å²) in [5.41, 5.74) is 0.192. The van der Waals surface area contributed by atoms with Crippen LogP contribution >= 0.6 is 0 Å². The quantitative estimate of drug-likeness (QED) is 0.849. The summed E-state index contributed by atoms with van der Waals surface area (Å²) in [5.74, 6) is -1.31. The predicted octanol–water partition coefficient (Wildman–Crippen LogP) is 2.16. The van der Waals surface area contributed by atoms with E-state index in [1.54, 1.807) is 18.0 Å². The topological polar surface area (TPSA) is 58.6 Å². The molecule has 0 saturated carbocycles. The van der Waals surface area contributed by atoms with Gasteiger partial charge in [-0.2, -0.15) is 13.2 Å². The molecule has 2 aromatic heterocycles. The summed E-state index contributed by atoms with van der Waals surface area (Å²) >= 11 is 0. The lowest BCUT2D eigenvalue weighted by atomic mass is 10.1. The number of hydrogen-bond acceptors (Lipinski definition) is 3. The van der Waals surface area contributed by atoms with Gasteiger partial charge in [0.05, 0.1) is 5.69 Å². The van der Waals surface area contributed by atoms with E-state index in [-0.39, 0.29) is 5.69 Å². The molecular formula is C11H8F3N3O. The molecule has 0 spiro atoms. The average Bonchev–Trinajstić information content (AvgIpc) is 2.27. The Morgan fingerprint density at radius 2 is 2.06 bits per heavy atom. The molecule has 7 heteroatoms. The number of aromatic amines is 1. The number of nitrogens with zero attached hydrogens (tertiary/aromatic N) is 2. The highest BCUT2D eigenvalue weighted by molar-refractivity contribution is 5.61. The third-order valence-electron chi connectivity index (χ3n) is 2.33. The zero-order chi connectivity index (χ0) is 13.3. The van der Waals surface area contributed by atoms with Gasteiger partial charge in [0.25, 0.3) is 5.56 Å². The van der Waals surface area contributed by atoms with E-state index in [4.69, 9.17) is 0 Å². The monoisotopic (exact) mass is 255 g/mol. The standard InChI is InChI=1S/C11H8F3N3O/c1-6-2-3-15-5-7(6)8-4-9(18)17-10(16-8)11(12,13)14/h2-5H,1H3,(H,16,17,18). The predicted molar refractivity (Wildman–Crippen MR) is 57.8 cm³/mol. The fourth-order valence-corrected chi connectivity index (χ4v) is 1.46. The van der Waals surface area contributed by atoms with Crippen molar-refractivity contribution in [3.8, 4) is 11.3 Å². The van der Waals surface area contributed by atoms with Crippen LogP contribution in [0.3, 0.4) is 0 Å². The van der Waals surface area contributed by atoms with Crippen LogP contribution in [0.1, 0.15) is 11.4 Å². The van der Waals surface area contributed by atoms with Gasteiger partial charge in [0.1, 0.15) is 0 Å². The van der Waals surface area contributed by atoms with Gasteiger partial charge in [-0.15, -0.1) is 0 Å². The van der Waals surface area contributed by atoms with Crippen LogP contribution in [0.4, 0.5) is 13.2 Å². The number of aromatic nitrogens is 3. The van der Waals surface area contributed by atoms with Gasteiger partial charge >= 0.3 is 6.18 Å². The summed E-state index contributed by atoms with van der Waals surface area (Å²) in [5, 5.41) is 0. The van der Waals surface area contributed by atoms with Gasteiger partial charge in [-0.1, -0.05) is 0 Å². The number of alkyl halides is 3. The van der Waals surface area contributed by atoms with Crippen molar-refractivity contribution in [2.45, 2.75) is 13.1 Å². The van der Waals surface area contributed by atoms with Crippen LogP contribution in [0.2, 0.25) is 0 Å². The number of halogens is 3. The normalized spacial score (nSPS) is 11.6. The van der Waals surface area contributed by atoms with Crippen LogP contribution < -0.4 is 5.56 Å². The minimum Gasteiger partial charge on any atom is -0.303 e. The number of nitrogens with one attached hydrogen (secondary N) is 1. The minimum atomic E-state index is -4.69. The fourth-order valence-electron chi connectivity index (χ4n) is 1.46. The second kappa shape index (κ2) is 4.25. The van der Waals surface area contributed by atoms with Crippen molar-refractivity contribution in [1.82, 2.24) is 15.0 Å². The number of aryl methyl sites for hydroxylation is 1. The zero-order valence-corrected chi connectivity index (χ0v) is 9.25.